The summed E-state index contributed by atoms with van der Waals surface area (Å²) < 4.78 is 0. The van der Waals surface area contributed by atoms with Crippen molar-refractivity contribution in [3.63, 3.8) is 0 Å². The Morgan fingerprint density at radius 1 is 1.31 bits per heavy atom. The molecule has 1 aliphatic carbocycles. The Labute approximate surface area is 79.9 Å². The fourth-order valence-corrected chi connectivity index (χ4v) is 2.60. The standard InChI is InChI=1S/C10H20N2O/c11-8-5-10(6-8)12-4-2-1-3-9(12)7-13/h8-10,13H,1-7,11H2. The summed E-state index contributed by atoms with van der Waals surface area (Å²) in [5, 5.41) is 9.22. The average Bonchev–Trinajstić information content (AvgIpc) is 2.13. The maximum absolute atomic E-state index is 9.22. The van der Waals surface area contributed by atoms with E-state index in [4.69, 9.17) is 5.73 Å². The van der Waals surface area contributed by atoms with Crippen molar-refractivity contribution < 1.29 is 5.11 Å². The van der Waals surface area contributed by atoms with Crippen molar-refractivity contribution in [2.45, 2.75) is 50.2 Å². The van der Waals surface area contributed by atoms with Crippen molar-refractivity contribution in [1.29, 1.82) is 0 Å². The van der Waals surface area contributed by atoms with Crippen LogP contribution < -0.4 is 5.73 Å². The largest absolute Gasteiger partial charge is 0.395 e. The lowest BCUT2D eigenvalue weighted by Crippen LogP contribution is -2.56. The molecule has 0 spiro atoms. The number of hydrogen-bond donors (Lipinski definition) is 2. The van der Waals surface area contributed by atoms with Gasteiger partial charge < -0.3 is 10.8 Å². The Bertz CT molecular complexity index is 168. The molecular weight excluding hydrogens is 164 g/mol. The number of aliphatic hydroxyl groups excluding tert-OH is 1. The van der Waals surface area contributed by atoms with Gasteiger partial charge in [0.15, 0.2) is 0 Å². The van der Waals surface area contributed by atoms with Gasteiger partial charge in [0, 0.05) is 18.1 Å². The number of aliphatic hydroxyl groups is 1. The monoisotopic (exact) mass is 184 g/mol. The van der Waals surface area contributed by atoms with Crippen LogP contribution in [0.2, 0.25) is 0 Å². The van der Waals surface area contributed by atoms with E-state index in [0.717, 1.165) is 12.8 Å². The molecule has 76 valence electrons. The molecule has 1 unspecified atom stereocenters. The Morgan fingerprint density at radius 2 is 2.08 bits per heavy atom. The Morgan fingerprint density at radius 3 is 2.69 bits per heavy atom. The van der Waals surface area contributed by atoms with Crippen LogP contribution in [0.25, 0.3) is 0 Å². The minimum Gasteiger partial charge on any atom is -0.395 e. The van der Waals surface area contributed by atoms with Gasteiger partial charge in [-0.15, -0.1) is 0 Å². The van der Waals surface area contributed by atoms with Crippen LogP contribution >= 0.6 is 0 Å². The predicted molar refractivity (Wildman–Crippen MR) is 52.4 cm³/mol. The lowest BCUT2D eigenvalue weighted by molar-refractivity contribution is 0.0150. The summed E-state index contributed by atoms with van der Waals surface area (Å²) in [5.74, 6) is 0. The van der Waals surface area contributed by atoms with E-state index in [1.165, 1.54) is 25.8 Å². The third-order valence-electron chi connectivity index (χ3n) is 3.50. The summed E-state index contributed by atoms with van der Waals surface area (Å²) in [6.07, 6.45) is 6.01. The van der Waals surface area contributed by atoms with E-state index in [1.54, 1.807) is 0 Å². The van der Waals surface area contributed by atoms with Crippen LogP contribution in [0.15, 0.2) is 0 Å². The summed E-state index contributed by atoms with van der Waals surface area (Å²) in [5.41, 5.74) is 5.77. The smallest absolute Gasteiger partial charge is 0.0586 e. The molecule has 0 aromatic heterocycles. The van der Waals surface area contributed by atoms with Crippen LogP contribution in [0, 0.1) is 0 Å². The minimum atomic E-state index is 0.325. The van der Waals surface area contributed by atoms with Gasteiger partial charge in [-0.05, 0) is 32.2 Å². The topological polar surface area (TPSA) is 49.5 Å². The molecule has 3 N–H and O–H groups in total. The van der Waals surface area contributed by atoms with Gasteiger partial charge in [-0.1, -0.05) is 6.42 Å². The lowest BCUT2D eigenvalue weighted by Gasteiger charge is -2.47. The van der Waals surface area contributed by atoms with E-state index >= 15 is 0 Å². The highest BCUT2D eigenvalue weighted by Crippen LogP contribution is 2.29. The van der Waals surface area contributed by atoms with Crippen LogP contribution in [0.1, 0.15) is 32.1 Å². The molecule has 1 aliphatic heterocycles. The predicted octanol–water partition coefficient (Wildman–Crippen LogP) is 0.323. The summed E-state index contributed by atoms with van der Waals surface area (Å²) in [4.78, 5) is 2.48. The number of likely N-dealkylation sites (tertiary alicyclic amines) is 1. The minimum absolute atomic E-state index is 0.325. The molecule has 0 radical (unpaired) electrons. The molecular formula is C10H20N2O. The van der Waals surface area contributed by atoms with Crippen molar-refractivity contribution >= 4 is 0 Å². The van der Waals surface area contributed by atoms with E-state index in [2.05, 4.69) is 4.90 Å². The van der Waals surface area contributed by atoms with Crippen molar-refractivity contribution in [3.8, 4) is 0 Å². The lowest BCUT2D eigenvalue weighted by atomic mass is 9.84. The zero-order valence-electron chi connectivity index (χ0n) is 8.15. The number of nitrogens with zero attached hydrogens (tertiary/aromatic N) is 1. The average molecular weight is 184 g/mol. The fraction of sp³-hybridized carbons (Fsp3) is 1.00. The fourth-order valence-electron chi connectivity index (χ4n) is 2.60. The second-order valence-corrected chi connectivity index (χ2v) is 4.46. The number of hydrogen-bond acceptors (Lipinski definition) is 3. The van der Waals surface area contributed by atoms with Crippen LogP contribution in [0.4, 0.5) is 0 Å². The molecule has 0 aromatic rings. The van der Waals surface area contributed by atoms with Crippen molar-refractivity contribution in [2.24, 2.45) is 5.73 Å². The number of nitrogens with two attached hydrogens (primary N) is 1. The molecule has 0 amide bonds. The first-order valence-corrected chi connectivity index (χ1v) is 5.43. The number of piperidine rings is 1. The van der Waals surface area contributed by atoms with E-state index < -0.39 is 0 Å². The van der Waals surface area contributed by atoms with Gasteiger partial charge in [0.25, 0.3) is 0 Å². The summed E-state index contributed by atoms with van der Waals surface area (Å²) >= 11 is 0. The normalized spacial score (nSPS) is 41.5. The van der Waals surface area contributed by atoms with Gasteiger partial charge in [-0.2, -0.15) is 0 Å². The van der Waals surface area contributed by atoms with E-state index in [1.807, 2.05) is 0 Å². The Balaban J connectivity index is 1.87. The highest BCUT2D eigenvalue weighted by molar-refractivity contribution is 4.93. The molecule has 0 bridgehead atoms. The van der Waals surface area contributed by atoms with Crippen molar-refractivity contribution in [3.05, 3.63) is 0 Å². The van der Waals surface area contributed by atoms with Gasteiger partial charge in [0.05, 0.1) is 6.61 Å². The first-order valence-electron chi connectivity index (χ1n) is 5.43. The van der Waals surface area contributed by atoms with Crippen LogP contribution in [-0.2, 0) is 0 Å². The Hall–Kier alpha value is -0.120. The van der Waals surface area contributed by atoms with E-state index in [-0.39, 0.29) is 0 Å². The maximum atomic E-state index is 9.22. The summed E-state index contributed by atoms with van der Waals surface area (Å²) in [7, 11) is 0. The van der Waals surface area contributed by atoms with Crippen LogP contribution in [0.3, 0.4) is 0 Å². The molecule has 1 saturated heterocycles. The molecule has 1 heterocycles. The molecule has 1 saturated carbocycles. The molecule has 0 aromatic carbocycles. The molecule has 2 aliphatic rings. The highest BCUT2D eigenvalue weighted by atomic mass is 16.3. The van der Waals surface area contributed by atoms with Gasteiger partial charge in [-0.25, -0.2) is 0 Å². The van der Waals surface area contributed by atoms with Gasteiger partial charge in [0.2, 0.25) is 0 Å². The second kappa shape index (κ2) is 3.95. The molecule has 3 nitrogen and oxygen atoms in total. The van der Waals surface area contributed by atoms with E-state index in [9.17, 15) is 5.11 Å². The molecule has 1 atom stereocenters. The quantitative estimate of drug-likeness (QED) is 0.650. The summed E-state index contributed by atoms with van der Waals surface area (Å²) in [6, 6.07) is 1.52. The van der Waals surface area contributed by atoms with Crippen molar-refractivity contribution in [1.82, 2.24) is 4.90 Å². The van der Waals surface area contributed by atoms with Crippen LogP contribution in [0.5, 0.6) is 0 Å². The SMILES string of the molecule is NC1CC(N2CCCCC2CO)C1. The zero-order valence-corrected chi connectivity index (χ0v) is 8.15. The van der Waals surface area contributed by atoms with Gasteiger partial charge >= 0.3 is 0 Å². The maximum Gasteiger partial charge on any atom is 0.0586 e. The third-order valence-corrected chi connectivity index (χ3v) is 3.50. The first-order chi connectivity index (χ1) is 6.31. The summed E-state index contributed by atoms with van der Waals surface area (Å²) in [6.45, 7) is 1.49. The first kappa shape index (κ1) is 9.44. The van der Waals surface area contributed by atoms with Crippen LogP contribution in [-0.4, -0.2) is 41.3 Å². The van der Waals surface area contributed by atoms with Gasteiger partial charge in [-0.3, -0.25) is 4.90 Å². The van der Waals surface area contributed by atoms with Gasteiger partial charge in [0.1, 0.15) is 0 Å². The molecule has 3 heteroatoms. The second-order valence-electron chi connectivity index (χ2n) is 4.46. The Kier molecular flexibility index (Phi) is 2.86. The third kappa shape index (κ3) is 1.87. The van der Waals surface area contributed by atoms with Crippen molar-refractivity contribution in [2.75, 3.05) is 13.2 Å². The molecule has 2 fully saturated rings. The number of rotatable bonds is 2. The highest BCUT2D eigenvalue weighted by Gasteiger charge is 2.35. The zero-order chi connectivity index (χ0) is 9.26. The molecule has 2 rings (SSSR count). The van der Waals surface area contributed by atoms with E-state index in [0.29, 0.717) is 24.7 Å². The molecule has 13 heavy (non-hydrogen) atoms.